The predicted octanol–water partition coefficient (Wildman–Crippen LogP) is 4.77. The molecule has 27 heavy (non-hydrogen) atoms. The summed E-state index contributed by atoms with van der Waals surface area (Å²) >= 11 is 1.47. The molecule has 0 saturated heterocycles. The molecule has 1 heterocycles. The van der Waals surface area contributed by atoms with Crippen LogP contribution in [-0.2, 0) is 11.2 Å². The van der Waals surface area contributed by atoms with Crippen LogP contribution in [0.15, 0.2) is 53.9 Å². The average Bonchev–Trinajstić information content (AvgIpc) is 3.12. The SMILES string of the molecule is COc1cc(CCC(=O)N(c2ccccc2)c2nc(C)cs2)cc(OC)c1. The molecule has 5 nitrogen and oxygen atoms in total. The highest BCUT2D eigenvalue weighted by Gasteiger charge is 2.20. The Bertz CT molecular complexity index is 887. The second kappa shape index (κ2) is 8.68. The number of benzene rings is 2. The normalized spacial score (nSPS) is 10.5. The van der Waals surface area contributed by atoms with Gasteiger partial charge >= 0.3 is 0 Å². The summed E-state index contributed by atoms with van der Waals surface area (Å²) in [7, 11) is 3.23. The quantitative estimate of drug-likeness (QED) is 0.591. The fourth-order valence-electron chi connectivity index (χ4n) is 2.76. The van der Waals surface area contributed by atoms with Gasteiger partial charge in [-0.1, -0.05) is 18.2 Å². The zero-order valence-corrected chi connectivity index (χ0v) is 16.5. The number of anilines is 2. The Morgan fingerprint density at radius 2 is 1.74 bits per heavy atom. The molecule has 0 unspecified atom stereocenters. The maximum atomic E-state index is 13.1. The topological polar surface area (TPSA) is 51.7 Å². The van der Waals surface area contributed by atoms with E-state index in [0.29, 0.717) is 29.5 Å². The van der Waals surface area contributed by atoms with Gasteiger partial charge < -0.3 is 9.47 Å². The third kappa shape index (κ3) is 4.65. The average molecular weight is 382 g/mol. The maximum Gasteiger partial charge on any atom is 0.233 e. The van der Waals surface area contributed by atoms with Crippen molar-refractivity contribution >= 4 is 28.1 Å². The van der Waals surface area contributed by atoms with E-state index in [0.717, 1.165) is 16.9 Å². The van der Waals surface area contributed by atoms with Gasteiger partial charge in [-0.3, -0.25) is 9.69 Å². The Hall–Kier alpha value is -2.86. The molecule has 0 spiro atoms. The van der Waals surface area contributed by atoms with Crippen molar-refractivity contribution in [2.45, 2.75) is 19.8 Å². The standard InChI is InChI=1S/C21H22N2O3S/c1-15-14-27-21(22-15)23(17-7-5-4-6-8-17)20(24)10-9-16-11-18(25-2)13-19(12-16)26-3/h4-8,11-14H,9-10H2,1-3H3. The second-order valence-electron chi connectivity index (χ2n) is 6.06. The second-order valence-corrected chi connectivity index (χ2v) is 6.89. The summed E-state index contributed by atoms with van der Waals surface area (Å²) in [4.78, 5) is 19.3. The van der Waals surface area contributed by atoms with E-state index < -0.39 is 0 Å². The first-order valence-electron chi connectivity index (χ1n) is 8.63. The van der Waals surface area contributed by atoms with Crippen LogP contribution in [0.25, 0.3) is 0 Å². The molecule has 1 aromatic heterocycles. The monoisotopic (exact) mass is 382 g/mol. The molecule has 3 aromatic rings. The number of aryl methyl sites for hydroxylation is 2. The van der Waals surface area contributed by atoms with Crippen molar-refractivity contribution in [3.8, 4) is 11.5 Å². The number of nitrogens with zero attached hydrogens (tertiary/aromatic N) is 2. The highest BCUT2D eigenvalue weighted by atomic mass is 32.1. The highest BCUT2D eigenvalue weighted by molar-refractivity contribution is 7.14. The number of methoxy groups -OCH3 is 2. The molecular formula is C21H22N2O3S. The molecule has 140 valence electrons. The van der Waals surface area contributed by atoms with Crippen molar-refractivity contribution in [1.82, 2.24) is 4.98 Å². The van der Waals surface area contributed by atoms with E-state index >= 15 is 0 Å². The number of carbonyl (C=O) groups is 1. The molecular weight excluding hydrogens is 360 g/mol. The largest absolute Gasteiger partial charge is 0.497 e. The van der Waals surface area contributed by atoms with Gasteiger partial charge in [0.05, 0.1) is 25.6 Å². The predicted molar refractivity (Wildman–Crippen MR) is 108 cm³/mol. The zero-order valence-electron chi connectivity index (χ0n) is 15.6. The van der Waals surface area contributed by atoms with Crippen LogP contribution in [-0.4, -0.2) is 25.1 Å². The fraction of sp³-hybridized carbons (Fsp3) is 0.238. The van der Waals surface area contributed by atoms with E-state index in [1.165, 1.54) is 11.3 Å². The van der Waals surface area contributed by atoms with E-state index in [1.807, 2.05) is 60.8 Å². The van der Waals surface area contributed by atoms with Gasteiger partial charge in [0.2, 0.25) is 5.91 Å². The van der Waals surface area contributed by atoms with E-state index in [9.17, 15) is 4.79 Å². The summed E-state index contributed by atoms with van der Waals surface area (Å²) in [6.45, 7) is 1.93. The number of hydrogen-bond acceptors (Lipinski definition) is 5. The molecule has 1 amide bonds. The van der Waals surface area contributed by atoms with Crippen molar-refractivity contribution in [2.24, 2.45) is 0 Å². The van der Waals surface area contributed by atoms with Crippen LogP contribution >= 0.6 is 11.3 Å². The maximum absolute atomic E-state index is 13.1. The molecule has 0 fully saturated rings. The minimum atomic E-state index is -0.00247. The lowest BCUT2D eigenvalue weighted by atomic mass is 10.1. The number of para-hydroxylation sites is 1. The lowest BCUT2D eigenvalue weighted by molar-refractivity contribution is -0.117. The molecule has 2 aromatic carbocycles. The molecule has 0 aliphatic heterocycles. The third-order valence-corrected chi connectivity index (χ3v) is 5.04. The van der Waals surface area contributed by atoms with E-state index in [1.54, 1.807) is 19.1 Å². The Morgan fingerprint density at radius 1 is 1.07 bits per heavy atom. The van der Waals surface area contributed by atoms with Gasteiger partial charge in [-0.2, -0.15) is 0 Å². The van der Waals surface area contributed by atoms with Gasteiger partial charge in [0.15, 0.2) is 5.13 Å². The molecule has 3 rings (SSSR count). The first-order valence-corrected chi connectivity index (χ1v) is 9.50. The number of amides is 1. The minimum absolute atomic E-state index is 0.00247. The minimum Gasteiger partial charge on any atom is -0.497 e. The molecule has 0 aliphatic rings. The molecule has 0 radical (unpaired) electrons. The smallest absolute Gasteiger partial charge is 0.233 e. The molecule has 0 atom stereocenters. The van der Waals surface area contributed by atoms with Gasteiger partial charge in [0.25, 0.3) is 0 Å². The van der Waals surface area contributed by atoms with Crippen LogP contribution in [0.4, 0.5) is 10.8 Å². The van der Waals surface area contributed by atoms with E-state index in [-0.39, 0.29) is 5.91 Å². The number of ether oxygens (including phenoxy) is 2. The molecule has 0 N–H and O–H groups in total. The molecule has 0 saturated carbocycles. The van der Waals surface area contributed by atoms with Crippen LogP contribution in [0.5, 0.6) is 11.5 Å². The van der Waals surface area contributed by atoms with Gasteiger partial charge in [-0.25, -0.2) is 4.98 Å². The van der Waals surface area contributed by atoms with Gasteiger partial charge in [-0.15, -0.1) is 11.3 Å². The molecule has 0 bridgehead atoms. The number of carbonyl (C=O) groups excluding carboxylic acids is 1. The first-order chi connectivity index (χ1) is 13.1. The van der Waals surface area contributed by atoms with Crippen LogP contribution in [0.2, 0.25) is 0 Å². The number of hydrogen-bond donors (Lipinski definition) is 0. The Kier molecular flexibility index (Phi) is 6.08. The van der Waals surface area contributed by atoms with Crippen molar-refractivity contribution in [2.75, 3.05) is 19.1 Å². The molecule has 6 heteroatoms. The number of thiazole rings is 1. The van der Waals surface area contributed by atoms with Crippen LogP contribution in [0.1, 0.15) is 17.7 Å². The lowest BCUT2D eigenvalue weighted by Gasteiger charge is -2.20. The summed E-state index contributed by atoms with van der Waals surface area (Å²) in [5.74, 6) is 1.43. The van der Waals surface area contributed by atoms with Crippen LogP contribution in [0.3, 0.4) is 0 Å². The van der Waals surface area contributed by atoms with E-state index in [4.69, 9.17) is 9.47 Å². The van der Waals surface area contributed by atoms with Crippen molar-refractivity contribution in [1.29, 1.82) is 0 Å². The van der Waals surface area contributed by atoms with Crippen molar-refractivity contribution in [3.63, 3.8) is 0 Å². The Balaban J connectivity index is 1.81. The lowest BCUT2D eigenvalue weighted by Crippen LogP contribution is -2.26. The summed E-state index contributed by atoms with van der Waals surface area (Å²) in [6.07, 6.45) is 0.934. The Morgan fingerprint density at radius 3 is 2.30 bits per heavy atom. The van der Waals surface area contributed by atoms with E-state index in [2.05, 4.69) is 4.98 Å². The Labute approximate surface area is 163 Å². The summed E-state index contributed by atoms with van der Waals surface area (Å²) in [6, 6.07) is 15.3. The van der Waals surface area contributed by atoms with Crippen LogP contribution in [0, 0.1) is 6.92 Å². The third-order valence-electron chi connectivity index (χ3n) is 4.10. The van der Waals surface area contributed by atoms with Gasteiger partial charge in [-0.05, 0) is 43.2 Å². The summed E-state index contributed by atoms with van der Waals surface area (Å²) in [5.41, 5.74) is 2.71. The van der Waals surface area contributed by atoms with Gasteiger partial charge in [0.1, 0.15) is 11.5 Å². The zero-order chi connectivity index (χ0) is 19.2. The first kappa shape index (κ1) is 18.9. The number of aromatic nitrogens is 1. The number of rotatable bonds is 7. The highest BCUT2D eigenvalue weighted by Crippen LogP contribution is 2.30. The van der Waals surface area contributed by atoms with Crippen molar-refractivity contribution in [3.05, 3.63) is 65.2 Å². The van der Waals surface area contributed by atoms with Crippen molar-refractivity contribution < 1.29 is 14.3 Å². The van der Waals surface area contributed by atoms with Crippen LogP contribution < -0.4 is 14.4 Å². The fourth-order valence-corrected chi connectivity index (χ4v) is 3.59. The molecule has 0 aliphatic carbocycles. The summed E-state index contributed by atoms with van der Waals surface area (Å²) in [5, 5.41) is 2.64. The summed E-state index contributed by atoms with van der Waals surface area (Å²) < 4.78 is 10.6. The van der Waals surface area contributed by atoms with Gasteiger partial charge in [0, 0.05) is 17.9 Å².